The topological polar surface area (TPSA) is 98.8 Å². The number of morpholine rings is 1. The molecule has 2 aliphatic heterocycles. The zero-order chi connectivity index (χ0) is 21.2. The third-order valence-electron chi connectivity index (χ3n) is 5.76. The minimum atomic E-state index is -0.111. The summed E-state index contributed by atoms with van der Waals surface area (Å²) in [5, 5.41) is 12.5. The van der Waals surface area contributed by atoms with Crippen molar-refractivity contribution < 1.29 is 9.53 Å². The smallest absolute Gasteiger partial charge is 0.321 e. The van der Waals surface area contributed by atoms with Crippen LogP contribution in [0.15, 0.2) is 36.7 Å². The number of fused-ring (bicyclic) bond motifs is 1. The molecular formula is C22H23N7O2. The van der Waals surface area contributed by atoms with Crippen LogP contribution >= 0.6 is 0 Å². The molecule has 1 aromatic carbocycles. The van der Waals surface area contributed by atoms with Gasteiger partial charge in [0.15, 0.2) is 0 Å². The van der Waals surface area contributed by atoms with Crippen LogP contribution in [0.1, 0.15) is 18.4 Å². The normalized spacial score (nSPS) is 16.5. The fourth-order valence-corrected chi connectivity index (χ4v) is 4.09. The molecule has 2 amide bonds. The van der Waals surface area contributed by atoms with E-state index in [1.54, 1.807) is 23.1 Å². The van der Waals surface area contributed by atoms with E-state index in [9.17, 15) is 10.1 Å². The van der Waals surface area contributed by atoms with E-state index in [1.807, 2.05) is 22.9 Å². The summed E-state index contributed by atoms with van der Waals surface area (Å²) in [5.41, 5.74) is 2.45. The second kappa shape index (κ2) is 8.24. The lowest BCUT2D eigenvalue weighted by molar-refractivity contribution is 0.122. The lowest BCUT2D eigenvalue weighted by Gasteiger charge is -2.27. The number of nitriles is 1. The summed E-state index contributed by atoms with van der Waals surface area (Å²) in [6.45, 7) is 4.57. The number of anilines is 2. The van der Waals surface area contributed by atoms with Crippen molar-refractivity contribution in [1.29, 1.82) is 5.26 Å². The molecule has 158 valence electrons. The van der Waals surface area contributed by atoms with Crippen molar-refractivity contribution in [3.05, 3.63) is 42.2 Å². The number of urea groups is 1. The number of amides is 2. The summed E-state index contributed by atoms with van der Waals surface area (Å²) in [5.74, 6) is 1.54. The number of imidazole rings is 1. The highest BCUT2D eigenvalue weighted by Gasteiger charge is 2.19. The number of rotatable bonds is 3. The van der Waals surface area contributed by atoms with Gasteiger partial charge in [-0.2, -0.15) is 5.26 Å². The van der Waals surface area contributed by atoms with Gasteiger partial charge in [0.25, 0.3) is 0 Å². The van der Waals surface area contributed by atoms with Crippen LogP contribution in [-0.4, -0.2) is 64.7 Å². The Morgan fingerprint density at radius 2 is 1.94 bits per heavy atom. The predicted octanol–water partition coefficient (Wildman–Crippen LogP) is 2.73. The van der Waals surface area contributed by atoms with Gasteiger partial charge < -0.3 is 19.9 Å². The molecule has 5 rings (SSSR count). The van der Waals surface area contributed by atoms with E-state index >= 15 is 0 Å². The maximum absolute atomic E-state index is 12.5. The fourth-order valence-electron chi connectivity index (χ4n) is 4.09. The van der Waals surface area contributed by atoms with Gasteiger partial charge >= 0.3 is 6.03 Å². The Labute approximate surface area is 179 Å². The van der Waals surface area contributed by atoms with Gasteiger partial charge in [-0.25, -0.2) is 14.8 Å². The molecule has 0 aliphatic carbocycles. The Hall–Kier alpha value is -3.64. The number of aromatic nitrogens is 3. The van der Waals surface area contributed by atoms with E-state index in [0.29, 0.717) is 41.5 Å². The van der Waals surface area contributed by atoms with Gasteiger partial charge in [-0.15, -0.1) is 0 Å². The highest BCUT2D eigenvalue weighted by Crippen LogP contribution is 2.27. The third kappa shape index (κ3) is 3.78. The Balaban J connectivity index is 1.45. The molecule has 9 nitrogen and oxygen atoms in total. The standard InChI is InChI=1S/C22H23N7O2/c23-14-16-3-4-17(25-22(30)28-6-1-2-7-28)13-18(16)19-5-8-29-20(15-24-21(29)26-19)27-9-11-31-12-10-27/h3-5,8,13,15H,1-2,6-7,9-12H2,(H,25,30). The Kier molecular flexibility index (Phi) is 5.14. The molecule has 0 saturated carbocycles. The summed E-state index contributed by atoms with van der Waals surface area (Å²) >= 11 is 0. The average Bonchev–Trinajstić information content (AvgIpc) is 3.49. The van der Waals surface area contributed by atoms with Crippen LogP contribution < -0.4 is 10.2 Å². The van der Waals surface area contributed by atoms with Crippen molar-refractivity contribution in [3.63, 3.8) is 0 Å². The summed E-state index contributed by atoms with van der Waals surface area (Å²) < 4.78 is 7.38. The van der Waals surface area contributed by atoms with Crippen LogP contribution in [0.2, 0.25) is 0 Å². The Morgan fingerprint density at radius 3 is 2.71 bits per heavy atom. The predicted molar refractivity (Wildman–Crippen MR) is 116 cm³/mol. The first-order valence-electron chi connectivity index (χ1n) is 10.5. The van der Waals surface area contributed by atoms with Crippen molar-refractivity contribution in [2.24, 2.45) is 0 Å². The zero-order valence-electron chi connectivity index (χ0n) is 17.1. The molecule has 0 atom stereocenters. The van der Waals surface area contributed by atoms with Crippen molar-refractivity contribution in [2.45, 2.75) is 12.8 Å². The van der Waals surface area contributed by atoms with E-state index in [1.165, 1.54) is 0 Å². The number of nitrogens with zero attached hydrogens (tertiary/aromatic N) is 6. The van der Waals surface area contributed by atoms with E-state index in [0.717, 1.165) is 44.8 Å². The van der Waals surface area contributed by atoms with Crippen LogP contribution in [0.3, 0.4) is 0 Å². The number of ether oxygens (including phenoxy) is 1. The van der Waals surface area contributed by atoms with Crippen LogP contribution in [0.5, 0.6) is 0 Å². The highest BCUT2D eigenvalue weighted by molar-refractivity contribution is 5.90. The minimum Gasteiger partial charge on any atom is -0.378 e. The molecule has 4 heterocycles. The number of carbonyl (C=O) groups is 1. The number of carbonyl (C=O) groups excluding carboxylic acids is 1. The second-order valence-electron chi connectivity index (χ2n) is 7.70. The lowest BCUT2D eigenvalue weighted by Crippen LogP contribution is -2.36. The van der Waals surface area contributed by atoms with Crippen molar-refractivity contribution >= 4 is 23.3 Å². The molecule has 2 aromatic heterocycles. The van der Waals surface area contributed by atoms with Crippen LogP contribution in [0.25, 0.3) is 17.0 Å². The van der Waals surface area contributed by atoms with Gasteiger partial charge in [-0.1, -0.05) is 0 Å². The first-order chi connectivity index (χ1) is 15.2. The van der Waals surface area contributed by atoms with Crippen LogP contribution in [0, 0.1) is 11.3 Å². The molecule has 0 unspecified atom stereocenters. The number of hydrogen-bond acceptors (Lipinski definition) is 6. The summed E-state index contributed by atoms with van der Waals surface area (Å²) in [6, 6.07) is 9.25. The average molecular weight is 417 g/mol. The largest absolute Gasteiger partial charge is 0.378 e. The summed E-state index contributed by atoms with van der Waals surface area (Å²) in [6.07, 6.45) is 5.81. The van der Waals surface area contributed by atoms with Gasteiger partial charge in [0.2, 0.25) is 5.78 Å². The monoisotopic (exact) mass is 417 g/mol. The fraction of sp³-hybridized carbons (Fsp3) is 0.364. The maximum atomic E-state index is 12.5. The van der Waals surface area contributed by atoms with Crippen LogP contribution in [-0.2, 0) is 4.74 Å². The van der Waals surface area contributed by atoms with Crippen molar-refractivity contribution in [3.8, 4) is 17.3 Å². The summed E-state index contributed by atoms with van der Waals surface area (Å²) in [7, 11) is 0. The molecule has 2 aliphatic rings. The number of likely N-dealkylation sites (tertiary alicyclic amines) is 1. The van der Waals surface area contributed by atoms with Gasteiger partial charge in [0.05, 0.1) is 36.7 Å². The lowest BCUT2D eigenvalue weighted by atomic mass is 10.0. The SMILES string of the molecule is N#Cc1ccc(NC(=O)N2CCCC2)cc1-c1ccn2c(N3CCOCC3)cnc2n1. The third-order valence-corrected chi connectivity index (χ3v) is 5.76. The van der Waals surface area contributed by atoms with Crippen LogP contribution in [0.4, 0.5) is 16.3 Å². The molecule has 2 saturated heterocycles. The molecule has 0 bridgehead atoms. The number of nitrogens with one attached hydrogen (secondary N) is 1. The highest BCUT2D eigenvalue weighted by atomic mass is 16.5. The molecule has 2 fully saturated rings. The zero-order valence-corrected chi connectivity index (χ0v) is 17.1. The first-order valence-corrected chi connectivity index (χ1v) is 10.5. The van der Waals surface area contributed by atoms with Crippen molar-refractivity contribution in [1.82, 2.24) is 19.3 Å². The number of hydrogen-bond donors (Lipinski definition) is 1. The van der Waals surface area contributed by atoms with Gasteiger partial charge in [0.1, 0.15) is 5.82 Å². The quantitative estimate of drug-likeness (QED) is 0.704. The molecule has 31 heavy (non-hydrogen) atoms. The Bertz CT molecular complexity index is 1150. The molecule has 9 heteroatoms. The molecule has 1 N–H and O–H groups in total. The van der Waals surface area contributed by atoms with Gasteiger partial charge in [-0.3, -0.25) is 4.40 Å². The molecule has 0 spiro atoms. The molecule has 3 aromatic rings. The second-order valence-corrected chi connectivity index (χ2v) is 7.70. The Morgan fingerprint density at radius 1 is 1.13 bits per heavy atom. The van der Waals surface area contributed by atoms with E-state index < -0.39 is 0 Å². The minimum absolute atomic E-state index is 0.111. The molecule has 0 radical (unpaired) electrons. The maximum Gasteiger partial charge on any atom is 0.321 e. The number of benzene rings is 1. The first kappa shape index (κ1) is 19.3. The van der Waals surface area contributed by atoms with Gasteiger partial charge in [-0.05, 0) is 37.1 Å². The molecular weight excluding hydrogens is 394 g/mol. The summed E-state index contributed by atoms with van der Waals surface area (Å²) in [4.78, 5) is 25.6. The van der Waals surface area contributed by atoms with Gasteiger partial charge in [0, 0.05) is 43.6 Å². The van der Waals surface area contributed by atoms with Crippen molar-refractivity contribution in [2.75, 3.05) is 49.6 Å². The van der Waals surface area contributed by atoms with E-state index in [4.69, 9.17) is 4.74 Å². The van der Waals surface area contributed by atoms with E-state index in [2.05, 4.69) is 26.3 Å². The van der Waals surface area contributed by atoms with E-state index in [-0.39, 0.29) is 6.03 Å².